The molecule has 0 saturated carbocycles. The zero-order chi connectivity index (χ0) is 18.5. The predicted molar refractivity (Wildman–Crippen MR) is 119 cm³/mol. The van der Waals surface area contributed by atoms with Crippen molar-refractivity contribution in [1.82, 2.24) is 0 Å². The van der Waals surface area contributed by atoms with E-state index in [9.17, 15) is 0 Å². The molecule has 0 unspecified atom stereocenters. The van der Waals surface area contributed by atoms with Gasteiger partial charge in [-0.1, -0.05) is 60.2 Å². The summed E-state index contributed by atoms with van der Waals surface area (Å²) in [6, 6.07) is 29.8. The summed E-state index contributed by atoms with van der Waals surface area (Å²) in [7, 11) is 0. The van der Waals surface area contributed by atoms with E-state index in [1.54, 1.807) is 11.3 Å². The second kappa shape index (κ2) is 8.07. The lowest BCUT2D eigenvalue weighted by atomic mass is 10.1. The van der Waals surface area contributed by atoms with Crippen molar-refractivity contribution in [3.63, 3.8) is 0 Å². The molecule has 0 radical (unpaired) electrons. The van der Waals surface area contributed by atoms with Crippen molar-refractivity contribution >= 4 is 40.6 Å². The molecule has 0 atom stereocenters. The molecule has 0 aliphatic rings. The topological polar surface area (TPSA) is 3.24 Å². The third kappa shape index (κ3) is 4.02. The number of anilines is 3. The van der Waals surface area contributed by atoms with Crippen LogP contribution in [0, 0.1) is 6.92 Å². The summed E-state index contributed by atoms with van der Waals surface area (Å²) >= 11 is 1.72. The maximum Gasteiger partial charge on any atom is 0.0534 e. The number of aryl methyl sites for hydroxylation is 1. The minimum absolute atomic E-state index is 1.15. The summed E-state index contributed by atoms with van der Waals surface area (Å²) in [6.45, 7) is 2.14. The molecule has 1 aromatic heterocycles. The maximum absolute atomic E-state index is 2.31. The first-order valence-electron chi connectivity index (χ1n) is 9.02. The predicted octanol–water partition coefficient (Wildman–Crippen LogP) is 7.70. The van der Waals surface area contributed by atoms with Gasteiger partial charge >= 0.3 is 0 Å². The monoisotopic (exact) mass is 367 g/mol. The molecular weight excluding hydrogens is 346 g/mol. The Hall–Kier alpha value is -3.10. The average molecular weight is 368 g/mol. The lowest BCUT2D eigenvalue weighted by Crippen LogP contribution is -2.11. The first-order valence-corrected chi connectivity index (χ1v) is 9.97. The van der Waals surface area contributed by atoms with Gasteiger partial charge in [-0.2, -0.15) is 11.3 Å². The minimum Gasteiger partial charge on any atom is -0.310 e. The minimum atomic E-state index is 1.15. The van der Waals surface area contributed by atoms with Gasteiger partial charge in [-0.3, -0.25) is 0 Å². The van der Waals surface area contributed by atoms with E-state index in [0.29, 0.717) is 0 Å². The molecule has 0 saturated heterocycles. The zero-order valence-electron chi connectivity index (χ0n) is 15.2. The molecule has 2 heteroatoms. The van der Waals surface area contributed by atoms with Gasteiger partial charge in [0.05, 0.1) is 5.69 Å². The van der Waals surface area contributed by atoms with Crippen molar-refractivity contribution in [2.24, 2.45) is 0 Å². The van der Waals surface area contributed by atoms with Crippen molar-refractivity contribution in [1.29, 1.82) is 0 Å². The van der Waals surface area contributed by atoms with Crippen LogP contribution in [0.25, 0.3) is 12.2 Å². The van der Waals surface area contributed by atoms with E-state index in [-0.39, 0.29) is 0 Å². The van der Waals surface area contributed by atoms with Crippen molar-refractivity contribution in [3.8, 4) is 0 Å². The highest BCUT2D eigenvalue weighted by Crippen LogP contribution is 2.37. The number of thiophene rings is 1. The number of hydrogen-bond acceptors (Lipinski definition) is 2. The number of para-hydroxylation sites is 2. The van der Waals surface area contributed by atoms with Crippen molar-refractivity contribution in [3.05, 3.63) is 112 Å². The third-order valence-corrected chi connectivity index (χ3v) is 5.15. The van der Waals surface area contributed by atoms with E-state index in [2.05, 4.69) is 120 Å². The molecule has 0 N–H and O–H groups in total. The SMILES string of the molecule is Cc1ccc(N(c2ccccc2)c2ccccc2)c(/C=C/c2ccsc2)c1. The average Bonchev–Trinajstić information content (AvgIpc) is 3.23. The third-order valence-electron chi connectivity index (χ3n) is 4.45. The fourth-order valence-electron chi connectivity index (χ4n) is 3.15. The quantitative estimate of drug-likeness (QED) is 0.349. The Kier molecular flexibility index (Phi) is 5.17. The standard InChI is InChI=1S/C25H21NS/c1-20-12-15-25(22(18-20)14-13-21-16-17-27-19-21)26(23-8-4-2-5-9-23)24-10-6-3-7-11-24/h2-19H,1H3/b14-13+. The van der Waals surface area contributed by atoms with Crippen LogP contribution in [0.4, 0.5) is 17.1 Å². The Morgan fingerprint density at radius 3 is 2.00 bits per heavy atom. The van der Waals surface area contributed by atoms with Crippen LogP contribution in [-0.2, 0) is 0 Å². The number of benzene rings is 3. The molecule has 3 aromatic carbocycles. The van der Waals surface area contributed by atoms with Crippen LogP contribution >= 0.6 is 11.3 Å². The molecule has 1 heterocycles. The fraction of sp³-hybridized carbons (Fsp3) is 0.0400. The molecule has 0 aliphatic carbocycles. The first-order chi connectivity index (χ1) is 13.3. The summed E-state index contributed by atoms with van der Waals surface area (Å²) in [4.78, 5) is 2.31. The summed E-state index contributed by atoms with van der Waals surface area (Å²) in [5.74, 6) is 0. The van der Waals surface area contributed by atoms with E-state index >= 15 is 0 Å². The molecule has 4 rings (SSSR count). The molecular formula is C25H21NS. The van der Waals surface area contributed by atoms with Crippen LogP contribution in [0.15, 0.2) is 95.7 Å². The van der Waals surface area contributed by atoms with Crippen LogP contribution in [0.3, 0.4) is 0 Å². The van der Waals surface area contributed by atoms with Crippen LogP contribution in [0.1, 0.15) is 16.7 Å². The molecule has 0 amide bonds. The van der Waals surface area contributed by atoms with Gasteiger partial charge in [0.25, 0.3) is 0 Å². The second-order valence-electron chi connectivity index (χ2n) is 6.46. The summed E-state index contributed by atoms with van der Waals surface area (Å²) in [5.41, 5.74) is 7.16. The zero-order valence-corrected chi connectivity index (χ0v) is 16.1. The highest BCUT2D eigenvalue weighted by atomic mass is 32.1. The van der Waals surface area contributed by atoms with Gasteiger partial charge < -0.3 is 4.90 Å². The Balaban J connectivity index is 1.85. The van der Waals surface area contributed by atoms with Crippen LogP contribution < -0.4 is 4.90 Å². The Bertz CT molecular complexity index is 979. The van der Waals surface area contributed by atoms with Gasteiger partial charge in [0, 0.05) is 11.4 Å². The molecule has 0 fully saturated rings. The molecule has 4 aromatic rings. The maximum atomic E-state index is 2.31. The van der Waals surface area contributed by atoms with Crippen molar-refractivity contribution < 1.29 is 0 Å². The van der Waals surface area contributed by atoms with E-state index in [1.807, 2.05) is 0 Å². The normalized spacial score (nSPS) is 11.0. The molecule has 1 nitrogen and oxygen atoms in total. The smallest absolute Gasteiger partial charge is 0.0534 e. The Morgan fingerprint density at radius 2 is 1.41 bits per heavy atom. The highest BCUT2D eigenvalue weighted by Gasteiger charge is 2.14. The number of rotatable bonds is 5. The van der Waals surface area contributed by atoms with Crippen molar-refractivity contribution in [2.75, 3.05) is 4.90 Å². The lowest BCUT2D eigenvalue weighted by Gasteiger charge is -2.27. The molecule has 27 heavy (non-hydrogen) atoms. The van der Waals surface area contributed by atoms with Crippen LogP contribution in [0.2, 0.25) is 0 Å². The number of nitrogens with zero attached hydrogens (tertiary/aromatic N) is 1. The summed E-state index contributed by atoms with van der Waals surface area (Å²) in [5, 5.41) is 4.27. The molecule has 0 spiro atoms. The lowest BCUT2D eigenvalue weighted by molar-refractivity contribution is 1.27. The van der Waals surface area contributed by atoms with E-state index < -0.39 is 0 Å². The second-order valence-corrected chi connectivity index (χ2v) is 7.24. The van der Waals surface area contributed by atoms with Gasteiger partial charge in [-0.15, -0.1) is 0 Å². The van der Waals surface area contributed by atoms with Gasteiger partial charge in [0.1, 0.15) is 0 Å². The van der Waals surface area contributed by atoms with E-state index in [4.69, 9.17) is 0 Å². The molecule has 0 aliphatic heterocycles. The highest BCUT2D eigenvalue weighted by molar-refractivity contribution is 7.08. The Morgan fingerprint density at radius 1 is 0.741 bits per heavy atom. The van der Waals surface area contributed by atoms with Gasteiger partial charge in [-0.25, -0.2) is 0 Å². The van der Waals surface area contributed by atoms with Crippen LogP contribution in [0.5, 0.6) is 0 Å². The fourth-order valence-corrected chi connectivity index (χ4v) is 3.78. The van der Waals surface area contributed by atoms with Gasteiger partial charge in [0.2, 0.25) is 0 Å². The van der Waals surface area contributed by atoms with Crippen molar-refractivity contribution in [2.45, 2.75) is 6.92 Å². The van der Waals surface area contributed by atoms with E-state index in [1.165, 1.54) is 22.4 Å². The van der Waals surface area contributed by atoms with Gasteiger partial charge in [0.15, 0.2) is 0 Å². The number of hydrogen-bond donors (Lipinski definition) is 0. The Labute approximate surface area is 164 Å². The van der Waals surface area contributed by atoms with Gasteiger partial charge in [-0.05, 0) is 71.3 Å². The van der Waals surface area contributed by atoms with E-state index in [0.717, 1.165) is 11.4 Å². The first kappa shape index (κ1) is 17.3. The van der Waals surface area contributed by atoms with Crippen LogP contribution in [-0.4, -0.2) is 0 Å². The molecule has 132 valence electrons. The summed E-state index contributed by atoms with van der Waals surface area (Å²) in [6.07, 6.45) is 4.40. The molecule has 0 bridgehead atoms. The largest absolute Gasteiger partial charge is 0.310 e. The summed E-state index contributed by atoms with van der Waals surface area (Å²) < 4.78 is 0.